The number of aryl methyl sites for hydroxylation is 1. The van der Waals surface area contributed by atoms with Crippen LogP contribution >= 0.6 is 0 Å². The van der Waals surface area contributed by atoms with Crippen LogP contribution in [0, 0.1) is 17.6 Å². The Bertz CT molecular complexity index is 1050. The Morgan fingerprint density at radius 2 is 1.93 bits per heavy atom. The lowest BCUT2D eigenvalue weighted by atomic mass is 9.86. The number of hydrogen-bond donors (Lipinski definition) is 1. The van der Waals surface area contributed by atoms with Gasteiger partial charge in [-0.2, -0.15) is 0 Å². The Morgan fingerprint density at radius 1 is 1.17 bits per heavy atom. The highest BCUT2D eigenvalue weighted by Gasteiger charge is 2.28. The van der Waals surface area contributed by atoms with E-state index in [9.17, 15) is 13.6 Å². The number of aromatic amines is 1. The van der Waals surface area contributed by atoms with Crippen LogP contribution in [0.1, 0.15) is 55.7 Å². The molecule has 2 aromatic carbocycles. The summed E-state index contributed by atoms with van der Waals surface area (Å²) in [6, 6.07) is 9.71. The number of halogens is 2. The van der Waals surface area contributed by atoms with E-state index in [0.717, 1.165) is 54.9 Å². The van der Waals surface area contributed by atoms with Gasteiger partial charge in [-0.25, -0.2) is 8.78 Å². The van der Waals surface area contributed by atoms with Crippen molar-refractivity contribution in [2.75, 3.05) is 13.1 Å². The highest BCUT2D eigenvalue weighted by Crippen LogP contribution is 2.36. The van der Waals surface area contributed by atoms with Crippen molar-refractivity contribution in [1.29, 1.82) is 0 Å². The fraction of sp³-hybridized carbons (Fsp3) is 0.400. The maximum absolute atomic E-state index is 14.8. The van der Waals surface area contributed by atoms with Crippen molar-refractivity contribution in [1.82, 2.24) is 9.88 Å². The lowest BCUT2D eigenvalue weighted by Crippen LogP contribution is -2.38. The molecule has 0 bridgehead atoms. The normalized spacial score (nSPS) is 16.2. The summed E-state index contributed by atoms with van der Waals surface area (Å²) in [5.74, 6) is -1.05. The number of H-pyrrole nitrogens is 1. The molecule has 1 saturated heterocycles. The van der Waals surface area contributed by atoms with Gasteiger partial charge in [-0.15, -0.1) is 0 Å². The number of rotatable bonds is 5. The lowest BCUT2D eigenvalue weighted by Gasteiger charge is -2.31. The lowest BCUT2D eigenvalue weighted by molar-refractivity contribution is -0.132. The zero-order chi connectivity index (χ0) is 21.3. The van der Waals surface area contributed by atoms with Gasteiger partial charge in [0.15, 0.2) is 0 Å². The average Bonchev–Trinajstić information content (AvgIpc) is 3.17. The molecule has 5 heteroatoms. The third kappa shape index (κ3) is 3.98. The van der Waals surface area contributed by atoms with Crippen LogP contribution in [0.4, 0.5) is 8.78 Å². The van der Waals surface area contributed by atoms with Crippen LogP contribution in [-0.2, 0) is 11.2 Å². The van der Waals surface area contributed by atoms with Crippen molar-refractivity contribution in [2.45, 2.75) is 45.4 Å². The van der Waals surface area contributed by atoms with Gasteiger partial charge < -0.3 is 9.88 Å². The van der Waals surface area contributed by atoms with E-state index in [4.69, 9.17) is 0 Å². The summed E-state index contributed by atoms with van der Waals surface area (Å²) in [7, 11) is 0. The molecule has 0 spiro atoms. The summed E-state index contributed by atoms with van der Waals surface area (Å²) >= 11 is 0. The minimum atomic E-state index is -0.612. The molecule has 1 amide bonds. The first-order valence-electron chi connectivity index (χ1n) is 10.8. The molecule has 1 fully saturated rings. The molecule has 1 aromatic heterocycles. The van der Waals surface area contributed by atoms with E-state index in [1.54, 1.807) is 0 Å². The molecule has 1 unspecified atom stereocenters. The van der Waals surface area contributed by atoms with Crippen LogP contribution in [0.5, 0.6) is 0 Å². The number of aromatic nitrogens is 1. The number of para-hydroxylation sites is 1. The van der Waals surface area contributed by atoms with Gasteiger partial charge in [-0.1, -0.05) is 38.1 Å². The monoisotopic (exact) mass is 410 g/mol. The molecule has 2 heterocycles. The SMILES string of the molecule is CCc1cccc2c(C(CC(=O)N3CCC(C)CC3)c3ccc(F)cc3F)c[nH]c12. The summed E-state index contributed by atoms with van der Waals surface area (Å²) in [5.41, 5.74) is 3.43. The maximum Gasteiger partial charge on any atom is 0.223 e. The number of piperidine rings is 1. The fourth-order valence-corrected chi connectivity index (χ4v) is 4.56. The van der Waals surface area contributed by atoms with E-state index < -0.39 is 17.6 Å². The molecule has 4 rings (SSSR count). The third-order valence-electron chi connectivity index (χ3n) is 6.44. The second-order valence-electron chi connectivity index (χ2n) is 8.42. The summed E-state index contributed by atoms with van der Waals surface area (Å²) in [6.07, 6.45) is 4.91. The molecule has 0 radical (unpaired) electrons. The smallest absolute Gasteiger partial charge is 0.223 e. The van der Waals surface area contributed by atoms with Crippen LogP contribution in [-0.4, -0.2) is 28.9 Å². The molecule has 1 atom stereocenters. The van der Waals surface area contributed by atoms with Crippen LogP contribution in [0.3, 0.4) is 0 Å². The summed E-state index contributed by atoms with van der Waals surface area (Å²) in [6.45, 7) is 5.78. The van der Waals surface area contributed by atoms with Gasteiger partial charge in [0, 0.05) is 48.6 Å². The first-order valence-corrected chi connectivity index (χ1v) is 10.8. The summed E-state index contributed by atoms with van der Waals surface area (Å²) in [5, 5.41) is 0.989. The van der Waals surface area contributed by atoms with E-state index in [-0.39, 0.29) is 12.3 Å². The molecule has 1 N–H and O–H groups in total. The van der Waals surface area contributed by atoms with Crippen molar-refractivity contribution >= 4 is 16.8 Å². The minimum absolute atomic E-state index is 0.0246. The van der Waals surface area contributed by atoms with Crippen LogP contribution in [0.25, 0.3) is 10.9 Å². The molecule has 0 aliphatic carbocycles. The summed E-state index contributed by atoms with van der Waals surface area (Å²) < 4.78 is 28.4. The molecular formula is C25H28F2N2O. The Labute approximate surface area is 176 Å². The van der Waals surface area contributed by atoms with Gasteiger partial charge in [-0.05, 0) is 47.9 Å². The van der Waals surface area contributed by atoms with E-state index in [1.807, 2.05) is 23.2 Å². The topological polar surface area (TPSA) is 36.1 Å². The van der Waals surface area contributed by atoms with Crippen LogP contribution in [0.15, 0.2) is 42.6 Å². The Kier molecular flexibility index (Phi) is 5.89. The van der Waals surface area contributed by atoms with Gasteiger partial charge in [0.05, 0.1) is 0 Å². The Morgan fingerprint density at radius 3 is 2.63 bits per heavy atom. The third-order valence-corrected chi connectivity index (χ3v) is 6.44. The Balaban J connectivity index is 1.74. The zero-order valence-electron chi connectivity index (χ0n) is 17.6. The van der Waals surface area contributed by atoms with E-state index >= 15 is 0 Å². The molecule has 158 valence electrons. The van der Waals surface area contributed by atoms with Crippen molar-refractivity contribution in [3.05, 3.63) is 70.9 Å². The fourth-order valence-electron chi connectivity index (χ4n) is 4.56. The quantitative estimate of drug-likeness (QED) is 0.568. The van der Waals surface area contributed by atoms with Gasteiger partial charge in [0.25, 0.3) is 0 Å². The highest BCUT2D eigenvalue weighted by atomic mass is 19.1. The molecule has 30 heavy (non-hydrogen) atoms. The van der Waals surface area contributed by atoms with Gasteiger partial charge in [-0.3, -0.25) is 4.79 Å². The second kappa shape index (κ2) is 8.58. The molecule has 0 saturated carbocycles. The van der Waals surface area contributed by atoms with Crippen molar-refractivity contribution in [2.24, 2.45) is 5.92 Å². The van der Waals surface area contributed by atoms with Crippen molar-refractivity contribution in [3.63, 3.8) is 0 Å². The molecule has 3 aromatic rings. The van der Waals surface area contributed by atoms with Crippen LogP contribution < -0.4 is 0 Å². The molecule has 1 aliphatic rings. The predicted octanol–water partition coefficient (Wildman–Crippen LogP) is 5.79. The van der Waals surface area contributed by atoms with Crippen molar-refractivity contribution in [3.8, 4) is 0 Å². The zero-order valence-corrected chi connectivity index (χ0v) is 17.6. The van der Waals surface area contributed by atoms with E-state index in [2.05, 4.69) is 24.9 Å². The minimum Gasteiger partial charge on any atom is -0.361 e. The Hall–Kier alpha value is -2.69. The number of carbonyl (C=O) groups excluding carboxylic acids is 1. The number of likely N-dealkylation sites (tertiary alicyclic amines) is 1. The number of carbonyl (C=O) groups is 1. The maximum atomic E-state index is 14.8. The van der Waals surface area contributed by atoms with Gasteiger partial charge in [0.1, 0.15) is 11.6 Å². The number of hydrogen-bond acceptors (Lipinski definition) is 1. The van der Waals surface area contributed by atoms with Gasteiger partial charge >= 0.3 is 0 Å². The summed E-state index contributed by atoms with van der Waals surface area (Å²) in [4.78, 5) is 18.4. The standard InChI is InChI=1S/C25H28F2N2O/c1-3-17-5-4-6-20-22(15-28-25(17)20)21(19-8-7-18(26)13-23(19)27)14-24(30)29-11-9-16(2)10-12-29/h4-8,13,15-16,21,28H,3,9-12,14H2,1-2H3. The van der Waals surface area contributed by atoms with E-state index in [1.165, 1.54) is 17.7 Å². The van der Waals surface area contributed by atoms with Crippen LogP contribution in [0.2, 0.25) is 0 Å². The van der Waals surface area contributed by atoms with E-state index in [0.29, 0.717) is 11.5 Å². The average molecular weight is 411 g/mol. The molecule has 3 nitrogen and oxygen atoms in total. The highest BCUT2D eigenvalue weighted by molar-refractivity contribution is 5.88. The predicted molar refractivity (Wildman–Crippen MR) is 115 cm³/mol. The number of benzene rings is 2. The second-order valence-corrected chi connectivity index (χ2v) is 8.42. The van der Waals surface area contributed by atoms with Gasteiger partial charge in [0.2, 0.25) is 5.91 Å². The number of nitrogens with one attached hydrogen (secondary N) is 1. The largest absolute Gasteiger partial charge is 0.361 e. The first-order chi connectivity index (χ1) is 14.5. The molecule has 1 aliphatic heterocycles. The van der Waals surface area contributed by atoms with Crippen molar-refractivity contribution < 1.29 is 13.6 Å². The number of fused-ring (bicyclic) bond motifs is 1. The number of nitrogens with zero attached hydrogens (tertiary/aromatic N) is 1. The number of amides is 1. The molecular weight excluding hydrogens is 382 g/mol. The first kappa shape index (κ1) is 20.6.